The van der Waals surface area contributed by atoms with E-state index in [1.54, 1.807) is 6.07 Å². The van der Waals surface area contributed by atoms with Gasteiger partial charge in [0.25, 0.3) is 0 Å². The average Bonchev–Trinajstić information content (AvgIpc) is 2.75. The second kappa shape index (κ2) is 6.49. The molecule has 1 aromatic carbocycles. The molecule has 1 heterocycles. The highest BCUT2D eigenvalue weighted by atomic mass is 79.9. The van der Waals surface area contributed by atoms with Gasteiger partial charge in [-0.05, 0) is 41.4 Å². The lowest BCUT2D eigenvalue weighted by Gasteiger charge is -2.03. The molecule has 0 unspecified atom stereocenters. The quantitative estimate of drug-likeness (QED) is 0.554. The molecule has 1 N–H and O–H groups in total. The van der Waals surface area contributed by atoms with Crippen molar-refractivity contribution >= 4 is 50.1 Å². The molecule has 0 saturated heterocycles. The second-order valence-corrected chi connectivity index (χ2v) is 6.03. The molecule has 19 heavy (non-hydrogen) atoms. The molecule has 0 atom stereocenters. The zero-order valence-corrected chi connectivity index (χ0v) is 14.0. The predicted molar refractivity (Wildman–Crippen MR) is 85.3 cm³/mol. The van der Waals surface area contributed by atoms with E-state index in [0.717, 1.165) is 40.6 Å². The zero-order valence-electron chi connectivity index (χ0n) is 10.9. The minimum Gasteiger partial charge on any atom is -0.458 e. The van der Waals surface area contributed by atoms with Crippen molar-refractivity contribution in [1.29, 1.82) is 0 Å². The maximum Gasteiger partial charge on any atom is 0.154 e. The van der Waals surface area contributed by atoms with Gasteiger partial charge in [0.2, 0.25) is 0 Å². The summed E-state index contributed by atoms with van der Waals surface area (Å²) in [6.45, 7) is 5.90. The number of benzene rings is 1. The summed E-state index contributed by atoms with van der Waals surface area (Å²) in [5, 5.41) is 5.53. The van der Waals surface area contributed by atoms with Crippen molar-refractivity contribution in [2.75, 3.05) is 6.54 Å². The van der Waals surface area contributed by atoms with E-state index in [1.807, 2.05) is 0 Å². The Morgan fingerprint density at radius 2 is 2.05 bits per heavy atom. The monoisotopic (exact) mass is 363 g/mol. The third kappa shape index (κ3) is 2.94. The molecule has 0 bridgehead atoms. The van der Waals surface area contributed by atoms with Crippen LogP contribution in [0.3, 0.4) is 0 Å². The van der Waals surface area contributed by atoms with E-state index in [4.69, 9.17) is 27.6 Å². The van der Waals surface area contributed by atoms with Crippen molar-refractivity contribution in [3.63, 3.8) is 0 Å². The molecule has 0 aliphatic heterocycles. The molecule has 0 spiro atoms. The van der Waals surface area contributed by atoms with Crippen LogP contribution in [0.25, 0.3) is 11.0 Å². The Hall–Kier alpha value is -0.220. The van der Waals surface area contributed by atoms with Gasteiger partial charge in [0, 0.05) is 15.4 Å². The van der Waals surface area contributed by atoms with Gasteiger partial charge in [-0.2, -0.15) is 0 Å². The maximum absolute atomic E-state index is 6.37. The molecular weight excluding hydrogens is 349 g/mol. The number of nitrogens with one attached hydrogen (secondary N) is 1. The fraction of sp³-hybridized carbons (Fsp3) is 0.429. The number of hydrogen-bond donors (Lipinski definition) is 1. The van der Waals surface area contributed by atoms with Crippen LogP contribution in [0.2, 0.25) is 10.0 Å². The topological polar surface area (TPSA) is 25.2 Å². The van der Waals surface area contributed by atoms with Crippen LogP contribution < -0.4 is 5.32 Å². The lowest BCUT2D eigenvalue weighted by Crippen LogP contribution is -2.14. The van der Waals surface area contributed by atoms with Crippen LogP contribution in [0.4, 0.5) is 0 Å². The first-order chi connectivity index (χ1) is 9.10. The summed E-state index contributed by atoms with van der Waals surface area (Å²) >= 11 is 16.0. The first-order valence-electron chi connectivity index (χ1n) is 6.38. The van der Waals surface area contributed by atoms with Gasteiger partial charge in [0.15, 0.2) is 5.58 Å². The maximum atomic E-state index is 6.37. The highest BCUT2D eigenvalue weighted by molar-refractivity contribution is 9.10. The van der Waals surface area contributed by atoms with Gasteiger partial charge in [-0.25, -0.2) is 0 Å². The second-order valence-electron chi connectivity index (χ2n) is 4.39. The summed E-state index contributed by atoms with van der Waals surface area (Å²) in [5.74, 6) is 0.924. The number of fused-ring (bicyclic) bond motifs is 1. The Morgan fingerprint density at radius 1 is 1.32 bits per heavy atom. The number of halogens is 3. The Labute approximate surface area is 131 Å². The predicted octanol–water partition coefficient (Wildman–Crippen LogP) is 5.56. The van der Waals surface area contributed by atoms with Crippen molar-refractivity contribution in [3.05, 3.63) is 31.9 Å². The molecular formula is C14H16BrCl2NO. The van der Waals surface area contributed by atoms with Crippen LogP contribution >= 0.6 is 39.1 Å². The van der Waals surface area contributed by atoms with Crippen molar-refractivity contribution < 1.29 is 4.42 Å². The van der Waals surface area contributed by atoms with Crippen molar-refractivity contribution in [2.45, 2.75) is 33.2 Å². The van der Waals surface area contributed by atoms with Gasteiger partial charge >= 0.3 is 0 Å². The van der Waals surface area contributed by atoms with Crippen LogP contribution in [0.1, 0.15) is 31.6 Å². The molecule has 2 nitrogen and oxygen atoms in total. The van der Waals surface area contributed by atoms with Crippen molar-refractivity contribution in [3.8, 4) is 0 Å². The van der Waals surface area contributed by atoms with Crippen LogP contribution in [0, 0.1) is 0 Å². The Balaban J connectivity index is 2.54. The fourth-order valence-electron chi connectivity index (χ4n) is 2.17. The largest absolute Gasteiger partial charge is 0.458 e. The van der Waals surface area contributed by atoms with E-state index in [9.17, 15) is 0 Å². The number of furan rings is 1. The van der Waals surface area contributed by atoms with Crippen LogP contribution in [-0.2, 0) is 13.0 Å². The van der Waals surface area contributed by atoms with Crippen LogP contribution in [0.15, 0.2) is 15.0 Å². The van der Waals surface area contributed by atoms with Gasteiger partial charge < -0.3 is 9.73 Å². The first-order valence-corrected chi connectivity index (χ1v) is 7.93. The number of aryl methyl sites for hydroxylation is 1. The zero-order chi connectivity index (χ0) is 14.0. The number of hydrogen-bond acceptors (Lipinski definition) is 2. The normalized spacial score (nSPS) is 11.4. The van der Waals surface area contributed by atoms with Crippen LogP contribution in [-0.4, -0.2) is 6.54 Å². The van der Waals surface area contributed by atoms with Gasteiger partial charge in [-0.1, -0.05) is 37.0 Å². The lowest BCUT2D eigenvalue weighted by molar-refractivity contribution is 0.508. The third-order valence-electron chi connectivity index (χ3n) is 3.06. The molecule has 5 heteroatoms. The molecule has 0 amide bonds. The highest BCUT2D eigenvalue weighted by Crippen LogP contribution is 2.40. The molecule has 2 rings (SSSR count). The third-order valence-corrected chi connectivity index (χ3v) is 4.58. The minimum absolute atomic E-state index is 0.586. The van der Waals surface area contributed by atoms with Crippen molar-refractivity contribution in [1.82, 2.24) is 5.32 Å². The van der Waals surface area contributed by atoms with Crippen LogP contribution in [0.5, 0.6) is 0 Å². The summed E-state index contributed by atoms with van der Waals surface area (Å²) in [6, 6.07) is 1.78. The molecule has 0 aliphatic carbocycles. The van der Waals surface area contributed by atoms with Gasteiger partial charge in [0.05, 0.1) is 16.6 Å². The van der Waals surface area contributed by atoms with E-state index < -0.39 is 0 Å². The summed E-state index contributed by atoms with van der Waals surface area (Å²) in [5.41, 5.74) is 1.81. The van der Waals surface area contributed by atoms with E-state index in [1.165, 1.54) is 0 Å². The standard InChI is InChI=1S/C14H16BrCl2NO/c1-3-5-18-7-11-8(4-2)12-13(17)9(15)6-10(16)14(12)19-11/h6,18H,3-5,7H2,1-2H3. The molecule has 104 valence electrons. The summed E-state index contributed by atoms with van der Waals surface area (Å²) in [6.07, 6.45) is 1.96. The first kappa shape index (κ1) is 15.2. The van der Waals surface area contributed by atoms with E-state index >= 15 is 0 Å². The fourth-order valence-corrected chi connectivity index (χ4v) is 3.22. The van der Waals surface area contributed by atoms with Crippen molar-refractivity contribution in [2.24, 2.45) is 0 Å². The Morgan fingerprint density at radius 3 is 2.68 bits per heavy atom. The summed E-state index contributed by atoms with van der Waals surface area (Å²) in [4.78, 5) is 0. The summed E-state index contributed by atoms with van der Waals surface area (Å²) in [7, 11) is 0. The summed E-state index contributed by atoms with van der Waals surface area (Å²) < 4.78 is 6.70. The molecule has 1 aromatic heterocycles. The number of rotatable bonds is 5. The molecule has 0 fully saturated rings. The highest BCUT2D eigenvalue weighted by Gasteiger charge is 2.19. The molecule has 0 saturated carbocycles. The molecule has 0 radical (unpaired) electrons. The smallest absolute Gasteiger partial charge is 0.154 e. The minimum atomic E-state index is 0.586. The average molecular weight is 365 g/mol. The Kier molecular flexibility index (Phi) is 5.18. The van der Waals surface area contributed by atoms with E-state index in [2.05, 4.69) is 35.1 Å². The SMILES string of the molecule is CCCNCc1oc2c(Cl)cc(Br)c(Cl)c2c1CC. The lowest BCUT2D eigenvalue weighted by atomic mass is 10.1. The molecule has 0 aliphatic rings. The van der Waals surface area contributed by atoms with Gasteiger partial charge in [0.1, 0.15) is 5.76 Å². The van der Waals surface area contributed by atoms with E-state index in [-0.39, 0.29) is 0 Å². The Bertz CT molecular complexity index is 595. The molecule has 2 aromatic rings. The van der Waals surface area contributed by atoms with Gasteiger partial charge in [-0.3, -0.25) is 0 Å². The van der Waals surface area contributed by atoms with E-state index in [0.29, 0.717) is 22.2 Å². The van der Waals surface area contributed by atoms with Gasteiger partial charge in [-0.15, -0.1) is 0 Å².